The Kier molecular flexibility index (Phi) is 6.01. The van der Waals surface area contributed by atoms with Gasteiger partial charge >= 0.3 is 11.9 Å². The van der Waals surface area contributed by atoms with Crippen molar-refractivity contribution in [2.45, 2.75) is 19.5 Å². The van der Waals surface area contributed by atoms with Crippen molar-refractivity contribution in [3.05, 3.63) is 69.1 Å². The third-order valence-corrected chi connectivity index (χ3v) is 4.35. The molecular weight excluding hydrogens is 425 g/mol. The Bertz CT molecular complexity index is 1090. The van der Waals surface area contributed by atoms with E-state index in [9.17, 15) is 23.3 Å². The van der Waals surface area contributed by atoms with Crippen LogP contribution in [0.2, 0.25) is 5.02 Å². The number of aromatic nitrogens is 3. The van der Waals surface area contributed by atoms with E-state index < -0.39 is 22.4 Å². The summed E-state index contributed by atoms with van der Waals surface area (Å²) >= 11 is 5.87. The summed E-state index contributed by atoms with van der Waals surface area (Å²) in [5, 5.41) is 16.7. The maximum atomic E-state index is 12.8. The Morgan fingerprint density at radius 2 is 1.77 bits per heavy atom. The Morgan fingerprint density at radius 1 is 1.10 bits per heavy atom. The largest absolute Gasteiger partial charge is 0.417 e. The third-order valence-electron chi connectivity index (χ3n) is 4.06. The second-order valence-electron chi connectivity index (χ2n) is 5.99. The molecule has 0 saturated carbocycles. The first kappa shape index (κ1) is 21.2. The van der Waals surface area contributed by atoms with Gasteiger partial charge in [0.15, 0.2) is 5.82 Å². The van der Waals surface area contributed by atoms with Gasteiger partial charge in [0, 0.05) is 11.9 Å². The number of hydrogen-bond acceptors (Lipinski definition) is 7. The number of rotatable bonds is 6. The lowest BCUT2D eigenvalue weighted by Crippen LogP contribution is -2.09. The molecule has 0 fully saturated rings. The predicted molar refractivity (Wildman–Crippen MR) is 105 cm³/mol. The quantitative estimate of drug-likeness (QED) is 0.386. The molecule has 0 aliphatic heterocycles. The summed E-state index contributed by atoms with van der Waals surface area (Å²) in [4.78, 5) is 22.4. The molecule has 0 radical (unpaired) electrons. The number of aryl methyl sites for hydroxylation is 1. The molecule has 0 spiro atoms. The number of hydrogen-bond donors (Lipinski definition) is 2. The molecular formula is C18H14ClF3N6O2. The fraction of sp³-hybridized carbons (Fsp3) is 0.167. The molecule has 0 bridgehead atoms. The van der Waals surface area contributed by atoms with Crippen molar-refractivity contribution in [3.63, 3.8) is 0 Å². The summed E-state index contributed by atoms with van der Waals surface area (Å²) in [5.41, 5.74) is -0.0271. The summed E-state index contributed by atoms with van der Waals surface area (Å²) in [5.74, 6) is -0.589. The monoisotopic (exact) mass is 438 g/mol. The van der Waals surface area contributed by atoms with E-state index in [0.717, 1.165) is 11.9 Å². The van der Waals surface area contributed by atoms with Crippen LogP contribution in [0.25, 0.3) is 0 Å². The average Bonchev–Trinajstić information content (AvgIpc) is 2.69. The van der Waals surface area contributed by atoms with Crippen LogP contribution in [0.5, 0.6) is 0 Å². The van der Waals surface area contributed by atoms with Crippen molar-refractivity contribution < 1.29 is 18.1 Å². The van der Waals surface area contributed by atoms with Crippen LogP contribution < -0.4 is 10.6 Å². The molecule has 0 atom stereocenters. The molecule has 0 aliphatic rings. The predicted octanol–water partition coefficient (Wildman–Crippen LogP) is 5.50. The van der Waals surface area contributed by atoms with E-state index in [4.69, 9.17) is 11.6 Å². The Hall–Kier alpha value is -3.47. The van der Waals surface area contributed by atoms with Crippen molar-refractivity contribution >= 4 is 40.4 Å². The Morgan fingerprint density at radius 3 is 2.37 bits per heavy atom. The minimum absolute atomic E-state index is 0.0959. The summed E-state index contributed by atoms with van der Waals surface area (Å²) in [6.45, 7) is 1.93. The maximum Gasteiger partial charge on any atom is 0.417 e. The fourth-order valence-corrected chi connectivity index (χ4v) is 2.82. The molecule has 2 aromatic heterocycles. The van der Waals surface area contributed by atoms with Crippen LogP contribution in [0.15, 0.2) is 42.9 Å². The number of nitro groups is 1. The number of anilines is 4. The lowest BCUT2D eigenvalue weighted by Gasteiger charge is -2.13. The maximum absolute atomic E-state index is 12.8. The standard InChI is InChI=1S/C18H14ClF3N6O2/c1-2-10-5-3-4-6-13(10)26-16-14(28(29)30)17(25-9-24-16)27-15-12(19)7-11(8-23-15)18(20,21)22/h3-9H,2H2,1H3,(H2,23,24,25,26,27). The fourth-order valence-electron chi connectivity index (χ4n) is 2.61. The minimum atomic E-state index is -4.63. The van der Waals surface area contributed by atoms with Crippen LogP contribution in [-0.4, -0.2) is 19.9 Å². The molecule has 0 amide bonds. The second-order valence-corrected chi connectivity index (χ2v) is 6.40. The number of pyridine rings is 1. The Labute approximate surface area is 173 Å². The normalized spacial score (nSPS) is 11.2. The lowest BCUT2D eigenvalue weighted by molar-refractivity contribution is -0.383. The van der Waals surface area contributed by atoms with Gasteiger partial charge in [-0.3, -0.25) is 10.1 Å². The van der Waals surface area contributed by atoms with Gasteiger partial charge < -0.3 is 10.6 Å². The van der Waals surface area contributed by atoms with E-state index in [2.05, 4.69) is 25.6 Å². The van der Waals surface area contributed by atoms with Crippen molar-refractivity contribution in [1.82, 2.24) is 15.0 Å². The smallest absolute Gasteiger partial charge is 0.334 e. The number of halogens is 4. The molecule has 156 valence electrons. The molecule has 30 heavy (non-hydrogen) atoms. The van der Waals surface area contributed by atoms with Gasteiger partial charge in [-0.1, -0.05) is 36.7 Å². The number of alkyl halides is 3. The highest BCUT2D eigenvalue weighted by Crippen LogP contribution is 2.36. The van der Waals surface area contributed by atoms with Gasteiger partial charge in [-0.2, -0.15) is 13.2 Å². The summed E-state index contributed by atoms with van der Waals surface area (Å²) < 4.78 is 38.3. The molecule has 1 aromatic carbocycles. The van der Waals surface area contributed by atoms with Crippen LogP contribution >= 0.6 is 11.6 Å². The van der Waals surface area contributed by atoms with E-state index in [1.165, 1.54) is 0 Å². The van der Waals surface area contributed by atoms with Gasteiger partial charge in [-0.25, -0.2) is 15.0 Å². The number of nitrogens with one attached hydrogen (secondary N) is 2. The zero-order valence-corrected chi connectivity index (χ0v) is 16.1. The number of benzene rings is 1. The van der Waals surface area contributed by atoms with Gasteiger partial charge in [0.25, 0.3) is 0 Å². The van der Waals surface area contributed by atoms with Gasteiger partial charge in [0.1, 0.15) is 6.33 Å². The van der Waals surface area contributed by atoms with Crippen LogP contribution in [-0.2, 0) is 12.6 Å². The Balaban J connectivity index is 1.99. The van der Waals surface area contributed by atoms with E-state index in [1.807, 2.05) is 19.1 Å². The molecule has 8 nitrogen and oxygen atoms in total. The van der Waals surface area contributed by atoms with Crippen LogP contribution in [0.4, 0.5) is 42.0 Å². The zero-order valence-electron chi connectivity index (χ0n) is 15.4. The number of nitrogens with zero attached hydrogens (tertiary/aromatic N) is 4. The summed E-state index contributed by atoms with van der Waals surface area (Å²) in [6.07, 6.45) is -2.31. The zero-order chi connectivity index (χ0) is 21.9. The van der Waals surface area contributed by atoms with Crippen LogP contribution in [0.1, 0.15) is 18.1 Å². The van der Waals surface area contributed by atoms with Crippen LogP contribution in [0.3, 0.4) is 0 Å². The van der Waals surface area contributed by atoms with E-state index in [1.54, 1.807) is 12.1 Å². The van der Waals surface area contributed by atoms with E-state index >= 15 is 0 Å². The van der Waals surface area contributed by atoms with Crippen molar-refractivity contribution in [3.8, 4) is 0 Å². The van der Waals surface area contributed by atoms with Crippen molar-refractivity contribution in [1.29, 1.82) is 0 Å². The molecule has 0 saturated heterocycles. The first-order chi connectivity index (χ1) is 14.2. The highest BCUT2D eigenvalue weighted by molar-refractivity contribution is 6.33. The second kappa shape index (κ2) is 8.49. The highest BCUT2D eigenvalue weighted by atomic mass is 35.5. The first-order valence-corrected chi connectivity index (χ1v) is 8.92. The average molecular weight is 439 g/mol. The topological polar surface area (TPSA) is 106 Å². The van der Waals surface area contributed by atoms with Gasteiger partial charge in [0.2, 0.25) is 11.6 Å². The number of para-hydroxylation sites is 1. The summed E-state index contributed by atoms with van der Waals surface area (Å²) in [6, 6.07) is 7.87. The lowest BCUT2D eigenvalue weighted by atomic mass is 10.1. The molecule has 2 heterocycles. The van der Waals surface area contributed by atoms with Crippen molar-refractivity contribution in [2.75, 3.05) is 10.6 Å². The molecule has 0 aliphatic carbocycles. The SMILES string of the molecule is CCc1ccccc1Nc1ncnc(Nc2ncc(C(F)(F)F)cc2Cl)c1[N+](=O)[O-]. The molecule has 2 N–H and O–H groups in total. The van der Waals surface area contributed by atoms with E-state index in [-0.39, 0.29) is 22.5 Å². The van der Waals surface area contributed by atoms with Gasteiger partial charge in [-0.15, -0.1) is 0 Å². The van der Waals surface area contributed by atoms with Gasteiger partial charge in [-0.05, 0) is 24.1 Å². The summed E-state index contributed by atoms with van der Waals surface area (Å²) in [7, 11) is 0. The first-order valence-electron chi connectivity index (χ1n) is 8.54. The van der Waals surface area contributed by atoms with E-state index in [0.29, 0.717) is 24.4 Å². The van der Waals surface area contributed by atoms with Crippen molar-refractivity contribution in [2.24, 2.45) is 0 Å². The molecule has 3 aromatic rings. The van der Waals surface area contributed by atoms with Crippen LogP contribution in [0, 0.1) is 10.1 Å². The van der Waals surface area contributed by atoms with Gasteiger partial charge in [0.05, 0.1) is 15.5 Å². The molecule has 3 rings (SSSR count). The third kappa shape index (κ3) is 4.57. The molecule has 12 heteroatoms. The molecule has 0 unspecified atom stereocenters. The highest BCUT2D eigenvalue weighted by Gasteiger charge is 2.32. The minimum Gasteiger partial charge on any atom is -0.334 e.